The molecule has 30 heavy (non-hydrogen) atoms. The van der Waals surface area contributed by atoms with Gasteiger partial charge in [-0.25, -0.2) is 28.7 Å². The van der Waals surface area contributed by atoms with Gasteiger partial charge in [-0.15, -0.1) is 0 Å². The van der Waals surface area contributed by atoms with Crippen LogP contribution in [0.5, 0.6) is 0 Å². The Morgan fingerprint density at radius 3 is 2.87 bits per heavy atom. The van der Waals surface area contributed by atoms with E-state index >= 15 is 0 Å². The molecule has 4 aromatic rings. The van der Waals surface area contributed by atoms with Gasteiger partial charge in [0, 0.05) is 43.3 Å². The van der Waals surface area contributed by atoms with Crippen molar-refractivity contribution in [1.29, 1.82) is 0 Å². The summed E-state index contributed by atoms with van der Waals surface area (Å²) in [4.78, 5) is 19.3. The van der Waals surface area contributed by atoms with E-state index in [-0.39, 0.29) is 17.8 Å². The SMILES string of the molecule is CC1C(c2cn[nH]c2)NCCN1c1ccnc(-c2cnc3cnc(C(F)F)cn23)n1. The van der Waals surface area contributed by atoms with Crippen molar-refractivity contribution in [2.75, 3.05) is 18.0 Å². The van der Waals surface area contributed by atoms with Crippen molar-refractivity contribution in [3.8, 4) is 11.5 Å². The van der Waals surface area contributed by atoms with Gasteiger partial charge in [0.1, 0.15) is 17.2 Å². The number of piperazine rings is 1. The molecule has 1 aliphatic heterocycles. The number of fused-ring (bicyclic) bond motifs is 1. The molecule has 0 spiro atoms. The van der Waals surface area contributed by atoms with Crippen molar-refractivity contribution in [2.24, 2.45) is 0 Å². The van der Waals surface area contributed by atoms with Crippen LogP contribution in [0.15, 0.2) is 43.2 Å². The summed E-state index contributed by atoms with van der Waals surface area (Å²) < 4.78 is 27.7. The van der Waals surface area contributed by atoms with E-state index in [1.54, 1.807) is 16.8 Å². The number of nitrogens with zero attached hydrogens (tertiary/aromatic N) is 7. The minimum absolute atomic E-state index is 0.103. The highest BCUT2D eigenvalue weighted by Crippen LogP contribution is 2.28. The highest BCUT2D eigenvalue weighted by Gasteiger charge is 2.30. The van der Waals surface area contributed by atoms with Crippen LogP contribution in [0.3, 0.4) is 0 Å². The van der Waals surface area contributed by atoms with E-state index in [1.165, 1.54) is 12.4 Å². The fourth-order valence-corrected chi connectivity index (χ4v) is 3.86. The molecule has 1 fully saturated rings. The maximum Gasteiger partial charge on any atom is 0.281 e. The number of aromatic amines is 1. The van der Waals surface area contributed by atoms with E-state index < -0.39 is 6.43 Å². The lowest BCUT2D eigenvalue weighted by Gasteiger charge is -2.40. The van der Waals surface area contributed by atoms with Gasteiger partial charge in [-0.05, 0) is 13.0 Å². The monoisotopic (exact) mass is 411 g/mol. The number of rotatable bonds is 4. The van der Waals surface area contributed by atoms with Crippen LogP contribution in [0.1, 0.15) is 30.6 Å². The number of nitrogens with one attached hydrogen (secondary N) is 2. The number of imidazole rings is 1. The van der Waals surface area contributed by atoms with Gasteiger partial charge in [0.25, 0.3) is 6.43 Å². The second-order valence-corrected chi connectivity index (χ2v) is 7.12. The predicted molar refractivity (Wildman–Crippen MR) is 105 cm³/mol. The second-order valence-electron chi connectivity index (χ2n) is 7.12. The summed E-state index contributed by atoms with van der Waals surface area (Å²) in [5.74, 6) is 1.18. The summed E-state index contributed by atoms with van der Waals surface area (Å²) in [7, 11) is 0. The standard InChI is InChI=1S/C19H19F2N9/c1-11-17(12-6-26-27-7-12)22-4-5-29(11)15-2-3-23-19(28-15)14-8-25-16-9-24-13(18(20)21)10-30(14)16/h2-3,6-11,17-18,22H,4-5H2,1H3,(H,26,27). The fraction of sp³-hybridized carbons (Fsp3) is 0.316. The largest absolute Gasteiger partial charge is 0.351 e. The molecule has 0 bridgehead atoms. The molecule has 2 N–H and O–H groups in total. The smallest absolute Gasteiger partial charge is 0.281 e. The number of halogens is 2. The van der Waals surface area contributed by atoms with E-state index in [4.69, 9.17) is 4.98 Å². The average Bonchev–Trinajstić information content (AvgIpc) is 3.43. The molecule has 0 saturated carbocycles. The third-order valence-corrected chi connectivity index (χ3v) is 5.37. The van der Waals surface area contributed by atoms with Gasteiger partial charge in [0.05, 0.1) is 24.6 Å². The van der Waals surface area contributed by atoms with Crippen molar-refractivity contribution in [1.82, 2.24) is 39.9 Å². The van der Waals surface area contributed by atoms with Crippen molar-refractivity contribution in [3.05, 3.63) is 54.5 Å². The number of aromatic nitrogens is 7. The molecule has 1 aliphatic rings. The average molecular weight is 411 g/mol. The Bertz CT molecular complexity index is 1160. The minimum Gasteiger partial charge on any atom is -0.351 e. The Hall–Kier alpha value is -3.47. The molecule has 9 nitrogen and oxygen atoms in total. The number of hydrogen-bond donors (Lipinski definition) is 2. The Morgan fingerprint density at radius 2 is 2.07 bits per heavy atom. The molecule has 2 unspecified atom stereocenters. The number of hydrogen-bond acceptors (Lipinski definition) is 7. The van der Waals surface area contributed by atoms with Gasteiger partial charge in [0.2, 0.25) is 0 Å². The van der Waals surface area contributed by atoms with Gasteiger partial charge in [-0.3, -0.25) is 9.50 Å². The molecule has 0 radical (unpaired) electrons. The van der Waals surface area contributed by atoms with Gasteiger partial charge >= 0.3 is 0 Å². The Labute approximate surface area is 170 Å². The molecule has 154 valence electrons. The summed E-state index contributed by atoms with van der Waals surface area (Å²) >= 11 is 0. The first kappa shape index (κ1) is 18.6. The zero-order chi connectivity index (χ0) is 20.7. The van der Waals surface area contributed by atoms with E-state index in [9.17, 15) is 8.78 Å². The lowest BCUT2D eigenvalue weighted by Crippen LogP contribution is -2.52. The first-order chi connectivity index (χ1) is 14.6. The topological polar surface area (TPSA) is 99.9 Å². The van der Waals surface area contributed by atoms with Crippen LogP contribution in [-0.2, 0) is 0 Å². The first-order valence-electron chi connectivity index (χ1n) is 9.55. The van der Waals surface area contributed by atoms with E-state index in [0.29, 0.717) is 17.2 Å². The fourth-order valence-electron chi connectivity index (χ4n) is 3.86. The lowest BCUT2D eigenvalue weighted by atomic mass is 10.00. The Balaban J connectivity index is 1.50. The van der Waals surface area contributed by atoms with Gasteiger partial charge in [-0.2, -0.15) is 5.10 Å². The van der Waals surface area contributed by atoms with Crippen molar-refractivity contribution in [3.63, 3.8) is 0 Å². The molecular formula is C19H19F2N9. The van der Waals surface area contributed by atoms with Crippen LogP contribution < -0.4 is 10.2 Å². The van der Waals surface area contributed by atoms with Gasteiger partial charge in [-0.1, -0.05) is 0 Å². The predicted octanol–water partition coefficient (Wildman–Crippen LogP) is 2.39. The summed E-state index contributed by atoms with van der Waals surface area (Å²) in [5, 5.41) is 10.4. The molecule has 5 heterocycles. The molecular weight excluding hydrogens is 392 g/mol. The van der Waals surface area contributed by atoms with Crippen molar-refractivity contribution < 1.29 is 8.78 Å². The molecule has 4 aromatic heterocycles. The molecule has 2 atom stereocenters. The molecule has 0 amide bonds. The van der Waals surface area contributed by atoms with Gasteiger partial charge in [0.15, 0.2) is 11.5 Å². The van der Waals surface area contributed by atoms with Crippen LogP contribution in [0, 0.1) is 0 Å². The lowest BCUT2D eigenvalue weighted by molar-refractivity contribution is 0.145. The summed E-state index contributed by atoms with van der Waals surface area (Å²) in [6.45, 7) is 3.69. The number of anilines is 1. The van der Waals surface area contributed by atoms with Crippen molar-refractivity contribution >= 4 is 11.5 Å². The molecule has 11 heteroatoms. The third-order valence-electron chi connectivity index (χ3n) is 5.37. The van der Waals surface area contributed by atoms with Crippen molar-refractivity contribution in [2.45, 2.75) is 25.4 Å². The van der Waals surface area contributed by atoms with E-state index in [0.717, 1.165) is 24.5 Å². The summed E-state index contributed by atoms with van der Waals surface area (Å²) in [5.41, 5.74) is 1.75. The Kier molecular flexibility index (Phi) is 4.58. The summed E-state index contributed by atoms with van der Waals surface area (Å²) in [6, 6.07) is 2.08. The van der Waals surface area contributed by atoms with Crippen LogP contribution in [-0.4, -0.2) is 53.7 Å². The maximum absolute atomic E-state index is 13.1. The molecule has 1 saturated heterocycles. The molecule has 5 rings (SSSR count). The van der Waals surface area contributed by atoms with E-state index in [1.807, 2.05) is 18.5 Å². The second kappa shape index (κ2) is 7.41. The zero-order valence-corrected chi connectivity index (χ0v) is 16.1. The van der Waals surface area contributed by atoms with E-state index in [2.05, 4.69) is 42.3 Å². The van der Waals surface area contributed by atoms with Gasteiger partial charge < -0.3 is 10.2 Å². The minimum atomic E-state index is -2.67. The Morgan fingerprint density at radius 1 is 1.17 bits per heavy atom. The summed E-state index contributed by atoms with van der Waals surface area (Å²) in [6.07, 6.45) is 6.88. The number of alkyl halides is 2. The highest BCUT2D eigenvalue weighted by atomic mass is 19.3. The molecule has 0 aliphatic carbocycles. The van der Waals surface area contributed by atoms with Crippen LogP contribution in [0.25, 0.3) is 17.2 Å². The van der Waals surface area contributed by atoms with Crippen LogP contribution in [0.2, 0.25) is 0 Å². The third kappa shape index (κ3) is 3.16. The normalized spacial score (nSPS) is 19.7. The highest BCUT2D eigenvalue weighted by molar-refractivity contribution is 5.58. The molecule has 0 aromatic carbocycles. The quantitative estimate of drug-likeness (QED) is 0.532. The maximum atomic E-state index is 13.1. The zero-order valence-electron chi connectivity index (χ0n) is 16.1. The number of H-pyrrole nitrogens is 1. The van der Waals surface area contributed by atoms with Crippen LogP contribution >= 0.6 is 0 Å². The van der Waals surface area contributed by atoms with Crippen LogP contribution in [0.4, 0.5) is 14.6 Å². The first-order valence-corrected chi connectivity index (χ1v) is 9.55.